The largest absolute Gasteiger partial charge is 0.462 e. The Kier molecular flexibility index (Phi) is 9.23. The van der Waals surface area contributed by atoms with Gasteiger partial charge in [0.05, 0.1) is 23.4 Å². The van der Waals surface area contributed by atoms with E-state index in [9.17, 15) is 4.79 Å². The molecule has 1 fully saturated rings. The number of unbranched alkanes of at least 4 members (excludes halogenated alkanes) is 2. The highest BCUT2D eigenvalue weighted by Crippen LogP contribution is 2.36. The van der Waals surface area contributed by atoms with Crippen LogP contribution in [0.4, 0.5) is 5.82 Å². The van der Waals surface area contributed by atoms with E-state index in [4.69, 9.17) is 21.6 Å². The SMILES string of the molecule is CCCCCC(CC)OC(=O)CCSc1ccnc(N2CC(C#N)C2)c1Cl. The van der Waals surface area contributed by atoms with E-state index < -0.39 is 0 Å². The van der Waals surface area contributed by atoms with E-state index in [1.807, 2.05) is 11.0 Å². The summed E-state index contributed by atoms with van der Waals surface area (Å²) >= 11 is 8.02. The summed E-state index contributed by atoms with van der Waals surface area (Å²) in [5.41, 5.74) is 0. The Bertz CT molecular complexity index is 659. The standard InChI is InChI=1S/C20H28ClN3O2S/c1-3-5-6-7-16(4-2)26-18(25)9-11-27-17-8-10-23-20(19(17)21)24-13-15(12-22)14-24/h8,10,15-16H,3-7,9,11,13-14H2,1-2H3. The van der Waals surface area contributed by atoms with Crippen LogP contribution in [0.25, 0.3) is 0 Å². The number of thioether (sulfide) groups is 1. The second kappa shape index (κ2) is 11.4. The molecule has 0 saturated carbocycles. The van der Waals surface area contributed by atoms with Crippen molar-refractivity contribution in [3.63, 3.8) is 0 Å². The maximum absolute atomic E-state index is 12.1. The normalized spacial score (nSPS) is 15.1. The van der Waals surface area contributed by atoms with E-state index in [0.717, 1.165) is 30.0 Å². The number of aromatic nitrogens is 1. The maximum atomic E-state index is 12.1. The van der Waals surface area contributed by atoms with Crippen LogP contribution in [0.15, 0.2) is 17.2 Å². The molecule has 0 bridgehead atoms. The number of hydrogen-bond acceptors (Lipinski definition) is 6. The van der Waals surface area contributed by atoms with Crippen molar-refractivity contribution >= 4 is 35.1 Å². The summed E-state index contributed by atoms with van der Waals surface area (Å²) in [6.45, 7) is 5.56. The summed E-state index contributed by atoms with van der Waals surface area (Å²) in [6.07, 6.45) is 7.39. The Morgan fingerprint density at radius 1 is 1.48 bits per heavy atom. The molecule has 1 aromatic heterocycles. The Hall–Kier alpha value is -1.45. The molecular formula is C20H28ClN3O2S. The molecule has 1 atom stereocenters. The number of nitrogens with zero attached hydrogens (tertiary/aromatic N) is 3. The zero-order valence-corrected chi connectivity index (χ0v) is 17.7. The van der Waals surface area contributed by atoms with E-state index in [0.29, 0.717) is 30.3 Å². The molecule has 2 heterocycles. The topological polar surface area (TPSA) is 66.2 Å². The van der Waals surface area contributed by atoms with Crippen molar-refractivity contribution in [1.82, 2.24) is 4.98 Å². The minimum absolute atomic E-state index is 0.0321. The fourth-order valence-corrected chi connectivity index (χ4v) is 4.20. The lowest BCUT2D eigenvalue weighted by atomic mass is 10.0. The zero-order chi connectivity index (χ0) is 19.6. The molecule has 0 amide bonds. The van der Waals surface area contributed by atoms with Gasteiger partial charge in [0.25, 0.3) is 0 Å². The number of halogens is 1. The number of hydrogen-bond donors (Lipinski definition) is 0. The molecule has 1 aliphatic heterocycles. The molecule has 0 aliphatic carbocycles. The number of rotatable bonds is 11. The van der Waals surface area contributed by atoms with Gasteiger partial charge in [-0.15, -0.1) is 11.8 Å². The van der Waals surface area contributed by atoms with E-state index in [1.54, 1.807) is 6.20 Å². The van der Waals surface area contributed by atoms with E-state index in [1.165, 1.54) is 24.6 Å². The predicted octanol–water partition coefficient (Wildman–Crippen LogP) is 5.08. The Labute approximate surface area is 171 Å². The van der Waals surface area contributed by atoms with Gasteiger partial charge in [0.2, 0.25) is 0 Å². The van der Waals surface area contributed by atoms with Crippen LogP contribution in [0.1, 0.15) is 52.4 Å². The highest BCUT2D eigenvalue weighted by atomic mass is 35.5. The van der Waals surface area contributed by atoms with Gasteiger partial charge in [-0.05, 0) is 25.3 Å². The first-order valence-corrected chi connectivity index (χ1v) is 11.1. The van der Waals surface area contributed by atoms with Crippen molar-refractivity contribution in [3.05, 3.63) is 17.3 Å². The molecule has 5 nitrogen and oxygen atoms in total. The molecule has 148 valence electrons. The van der Waals surface area contributed by atoms with Crippen LogP contribution in [0.5, 0.6) is 0 Å². The van der Waals surface area contributed by atoms with Crippen molar-refractivity contribution in [2.45, 2.75) is 63.4 Å². The molecule has 1 unspecified atom stereocenters. The summed E-state index contributed by atoms with van der Waals surface area (Å²) in [4.78, 5) is 19.4. The molecule has 1 aromatic rings. The van der Waals surface area contributed by atoms with Gasteiger partial charge < -0.3 is 9.64 Å². The smallest absolute Gasteiger partial charge is 0.306 e. The van der Waals surface area contributed by atoms with Gasteiger partial charge in [-0.3, -0.25) is 4.79 Å². The minimum atomic E-state index is -0.143. The molecule has 27 heavy (non-hydrogen) atoms. The predicted molar refractivity (Wildman–Crippen MR) is 110 cm³/mol. The third-order valence-corrected chi connectivity index (χ3v) is 6.19. The lowest BCUT2D eigenvalue weighted by Gasteiger charge is -2.36. The van der Waals surface area contributed by atoms with Crippen molar-refractivity contribution in [1.29, 1.82) is 5.26 Å². The Morgan fingerprint density at radius 2 is 2.26 bits per heavy atom. The lowest BCUT2D eigenvalue weighted by molar-refractivity contribution is -0.149. The molecule has 0 radical (unpaired) electrons. The maximum Gasteiger partial charge on any atom is 0.306 e. The molecule has 2 rings (SSSR count). The van der Waals surface area contributed by atoms with Gasteiger partial charge >= 0.3 is 5.97 Å². The quantitative estimate of drug-likeness (QED) is 0.288. The molecule has 1 saturated heterocycles. The molecule has 0 N–H and O–H groups in total. The van der Waals surface area contributed by atoms with Crippen LogP contribution < -0.4 is 4.90 Å². The van der Waals surface area contributed by atoms with Crippen LogP contribution in [0.2, 0.25) is 5.02 Å². The lowest BCUT2D eigenvalue weighted by Crippen LogP contribution is -2.46. The van der Waals surface area contributed by atoms with Crippen LogP contribution >= 0.6 is 23.4 Å². The van der Waals surface area contributed by atoms with Gasteiger partial charge in [-0.25, -0.2) is 4.98 Å². The monoisotopic (exact) mass is 409 g/mol. The zero-order valence-electron chi connectivity index (χ0n) is 16.1. The number of pyridine rings is 1. The summed E-state index contributed by atoms with van der Waals surface area (Å²) < 4.78 is 5.59. The van der Waals surface area contributed by atoms with Crippen molar-refractivity contribution in [2.24, 2.45) is 5.92 Å². The Morgan fingerprint density at radius 3 is 2.93 bits per heavy atom. The number of esters is 1. The second-order valence-corrected chi connectivity index (χ2v) is 8.31. The van der Waals surface area contributed by atoms with Crippen molar-refractivity contribution in [3.8, 4) is 6.07 Å². The van der Waals surface area contributed by atoms with Crippen molar-refractivity contribution in [2.75, 3.05) is 23.7 Å². The third-order valence-electron chi connectivity index (χ3n) is 4.65. The van der Waals surface area contributed by atoms with Gasteiger partial charge in [0, 0.05) is 29.9 Å². The number of anilines is 1. The van der Waals surface area contributed by atoms with Gasteiger partial charge in [-0.2, -0.15) is 5.26 Å². The molecule has 7 heteroatoms. The Balaban J connectivity index is 1.78. The summed E-state index contributed by atoms with van der Waals surface area (Å²) in [5, 5.41) is 9.50. The first-order chi connectivity index (χ1) is 13.1. The second-order valence-electron chi connectivity index (χ2n) is 6.79. The van der Waals surface area contributed by atoms with Crippen LogP contribution in [-0.4, -0.2) is 35.9 Å². The molecule has 0 spiro atoms. The van der Waals surface area contributed by atoms with Crippen LogP contribution in [0, 0.1) is 17.2 Å². The van der Waals surface area contributed by atoms with Crippen molar-refractivity contribution < 1.29 is 9.53 Å². The number of carbonyl (C=O) groups is 1. The fourth-order valence-electron chi connectivity index (χ4n) is 2.94. The van der Waals surface area contributed by atoms with Gasteiger partial charge in [-0.1, -0.05) is 38.3 Å². The van der Waals surface area contributed by atoms with Crippen LogP contribution in [-0.2, 0) is 9.53 Å². The molecular weight excluding hydrogens is 382 g/mol. The highest BCUT2D eigenvalue weighted by molar-refractivity contribution is 7.99. The number of ether oxygens (including phenoxy) is 1. The molecule has 0 aromatic carbocycles. The number of nitriles is 1. The summed E-state index contributed by atoms with van der Waals surface area (Å²) in [6, 6.07) is 4.11. The average molecular weight is 410 g/mol. The molecule has 1 aliphatic rings. The average Bonchev–Trinajstić information content (AvgIpc) is 2.62. The van der Waals surface area contributed by atoms with E-state index in [2.05, 4.69) is 24.9 Å². The third kappa shape index (κ3) is 6.58. The highest BCUT2D eigenvalue weighted by Gasteiger charge is 2.29. The number of carbonyl (C=O) groups excluding carboxylic acids is 1. The van der Waals surface area contributed by atoms with Gasteiger partial charge in [0.15, 0.2) is 0 Å². The fraction of sp³-hybridized carbons (Fsp3) is 0.650. The minimum Gasteiger partial charge on any atom is -0.462 e. The van der Waals surface area contributed by atoms with Gasteiger partial charge in [0.1, 0.15) is 11.9 Å². The first kappa shape index (κ1) is 21.8. The van der Waals surface area contributed by atoms with Crippen LogP contribution in [0.3, 0.4) is 0 Å². The van der Waals surface area contributed by atoms with E-state index >= 15 is 0 Å². The summed E-state index contributed by atoms with van der Waals surface area (Å²) in [5.74, 6) is 1.25. The van der Waals surface area contributed by atoms with E-state index in [-0.39, 0.29) is 18.0 Å². The first-order valence-electron chi connectivity index (χ1n) is 9.70. The summed E-state index contributed by atoms with van der Waals surface area (Å²) in [7, 11) is 0.